The largest absolute Gasteiger partial charge is 0.497 e. The van der Waals surface area contributed by atoms with Gasteiger partial charge >= 0.3 is 0 Å². The molecule has 0 heterocycles. The molecule has 0 aliphatic heterocycles. The minimum atomic E-state index is -3.51. The van der Waals surface area contributed by atoms with Crippen LogP contribution in [-0.2, 0) is 16.4 Å². The second-order valence-corrected chi connectivity index (χ2v) is 6.44. The van der Waals surface area contributed by atoms with E-state index in [1.165, 1.54) is 19.2 Å². The molecule has 0 amide bonds. The first-order chi connectivity index (χ1) is 10.5. The third kappa shape index (κ3) is 4.22. The van der Waals surface area contributed by atoms with Crippen LogP contribution in [0.2, 0.25) is 0 Å². The molecule has 0 aliphatic rings. The van der Waals surface area contributed by atoms with Crippen molar-refractivity contribution in [1.82, 2.24) is 4.72 Å². The van der Waals surface area contributed by atoms with Crippen molar-refractivity contribution < 1.29 is 17.9 Å². The summed E-state index contributed by atoms with van der Waals surface area (Å²) in [5.41, 5.74) is 1.01. The van der Waals surface area contributed by atoms with Crippen LogP contribution in [0, 0.1) is 0 Å². The van der Waals surface area contributed by atoms with Crippen LogP contribution in [0.5, 0.6) is 11.5 Å². The summed E-state index contributed by atoms with van der Waals surface area (Å²) in [7, 11) is -0.368. The molecular formula is C16H19NO4S. The number of rotatable bonds is 7. The van der Waals surface area contributed by atoms with Crippen molar-refractivity contribution in [3.63, 3.8) is 0 Å². The van der Waals surface area contributed by atoms with E-state index >= 15 is 0 Å². The molecule has 2 aromatic carbocycles. The van der Waals surface area contributed by atoms with Crippen molar-refractivity contribution in [2.45, 2.75) is 11.3 Å². The van der Waals surface area contributed by atoms with Gasteiger partial charge in [-0.3, -0.25) is 0 Å². The molecular weight excluding hydrogens is 302 g/mol. The number of benzene rings is 2. The van der Waals surface area contributed by atoms with E-state index in [0.29, 0.717) is 18.7 Å². The Labute approximate surface area is 130 Å². The summed E-state index contributed by atoms with van der Waals surface area (Å²) in [4.78, 5) is 0.221. The number of nitrogens with one attached hydrogen (secondary N) is 1. The summed E-state index contributed by atoms with van der Waals surface area (Å²) in [5.74, 6) is 1.38. The van der Waals surface area contributed by atoms with Crippen molar-refractivity contribution in [3.05, 3.63) is 54.1 Å². The van der Waals surface area contributed by atoms with Crippen molar-refractivity contribution in [1.29, 1.82) is 0 Å². The van der Waals surface area contributed by atoms with Gasteiger partial charge in [0.15, 0.2) is 0 Å². The smallest absolute Gasteiger partial charge is 0.240 e. The Kier molecular flexibility index (Phi) is 5.41. The first-order valence-electron chi connectivity index (χ1n) is 6.82. The van der Waals surface area contributed by atoms with E-state index in [1.807, 2.05) is 24.3 Å². The molecule has 0 aromatic heterocycles. The lowest BCUT2D eigenvalue weighted by Crippen LogP contribution is -2.25. The predicted molar refractivity (Wildman–Crippen MR) is 84.9 cm³/mol. The molecule has 6 heteroatoms. The van der Waals surface area contributed by atoms with Gasteiger partial charge in [0.1, 0.15) is 11.5 Å². The molecule has 0 saturated heterocycles. The molecule has 2 rings (SSSR count). The Morgan fingerprint density at radius 2 is 1.64 bits per heavy atom. The lowest BCUT2D eigenvalue weighted by Gasteiger charge is -2.08. The van der Waals surface area contributed by atoms with Crippen molar-refractivity contribution >= 4 is 10.0 Å². The monoisotopic (exact) mass is 321 g/mol. The van der Waals surface area contributed by atoms with Gasteiger partial charge in [0.2, 0.25) is 10.0 Å². The van der Waals surface area contributed by atoms with E-state index in [0.717, 1.165) is 11.3 Å². The number of hydrogen-bond acceptors (Lipinski definition) is 4. The molecule has 0 aliphatic carbocycles. The molecule has 0 saturated carbocycles. The highest BCUT2D eigenvalue weighted by molar-refractivity contribution is 7.89. The highest BCUT2D eigenvalue weighted by atomic mass is 32.2. The molecule has 22 heavy (non-hydrogen) atoms. The average Bonchev–Trinajstić information content (AvgIpc) is 2.55. The summed E-state index contributed by atoms with van der Waals surface area (Å²) in [5, 5.41) is 0. The molecule has 0 atom stereocenters. The van der Waals surface area contributed by atoms with E-state index < -0.39 is 10.0 Å². The fourth-order valence-electron chi connectivity index (χ4n) is 2.00. The molecule has 0 unspecified atom stereocenters. The SMILES string of the molecule is COc1ccc(S(=O)(=O)NCCc2cccc(OC)c2)cc1. The molecule has 0 fully saturated rings. The lowest BCUT2D eigenvalue weighted by atomic mass is 10.1. The normalized spacial score (nSPS) is 11.2. The van der Waals surface area contributed by atoms with Crippen molar-refractivity contribution in [2.24, 2.45) is 0 Å². The van der Waals surface area contributed by atoms with E-state index in [9.17, 15) is 8.42 Å². The molecule has 2 aromatic rings. The lowest BCUT2D eigenvalue weighted by molar-refractivity contribution is 0.414. The van der Waals surface area contributed by atoms with Crippen LogP contribution in [0.15, 0.2) is 53.4 Å². The van der Waals surface area contributed by atoms with E-state index in [2.05, 4.69) is 4.72 Å². The molecule has 0 radical (unpaired) electrons. The second kappa shape index (κ2) is 7.29. The summed E-state index contributed by atoms with van der Waals surface area (Å²) in [6, 6.07) is 13.8. The number of ether oxygens (including phenoxy) is 2. The van der Waals surface area contributed by atoms with Crippen molar-refractivity contribution in [2.75, 3.05) is 20.8 Å². The van der Waals surface area contributed by atoms with Crippen LogP contribution in [0.4, 0.5) is 0 Å². The molecule has 0 bridgehead atoms. The van der Waals surface area contributed by atoms with Gasteiger partial charge in [0, 0.05) is 6.54 Å². The van der Waals surface area contributed by atoms with Crippen LogP contribution < -0.4 is 14.2 Å². The first-order valence-corrected chi connectivity index (χ1v) is 8.30. The summed E-state index contributed by atoms with van der Waals surface area (Å²) < 4.78 is 37.1. The van der Waals surface area contributed by atoms with Crippen molar-refractivity contribution in [3.8, 4) is 11.5 Å². The van der Waals surface area contributed by atoms with Crippen LogP contribution in [-0.4, -0.2) is 29.2 Å². The quantitative estimate of drug-likeness (QED) is 0.849. The van der Waals surface area contributed by atoms with Gasteiger partial charge in [-0.15, -0.1) is 0 Å². The zero-order valence-corrected chi connectivity index (χ0v) is 13.4. The average molecular weight is 321 g/mol. The molecule has 5 nitrogen and oxygen atoms in total. The van der Waals surface area contributed by atoms with Gasteiger partial charge < -0.3 is 9.47 Å². The van der Waals surface area contributed by atoms with Crippen LogP contribution in [0.3, 0.4) is 0 Å². The van der Waals surface area contributed by atoms with Gasteiger partial charge in [-0.2, -0.15) is 0 Å². The third-order valence-corrected chi connectivity index (χ3v) is 4.69. The minimum Gasteiger partial charge on any atom is -0.497 e. The minimum absolute atomic E-state index is 0.221. The fourth-order valence-corrected chi connectivity index (χ4v) is 3.03. The van der Waals surface area contributed by atoms with E-state index in [1.54, 1.807) is 19.2 Å². The van der Waals surface area contributed by atoms with Crippen LogP contribution >= 0.6 is 0 Å². The Balaban J connectivity index is 1.97. The first kappa shape index (κ1) is 16.3. The van der Waals surface area contributed by atoms with Gasteiger partial charge in [0.25, 0.3) is 0 Å². The third-order valence-electron chi connectivity index (χ3n) is 3.21. The maximum absolute atomic E-state index is 12.2. The Morgan fingerprint density at radius 1 is 0.955 bits per heavy atom. The Hall–Kier alpha value is -2.05. The summed E-state index contributed by atoms with van der Waals surface area (Å²) in [6.45, 7) is 0.321. The Morgan fingerprint density at radius 3 is 2.27 bits per heavy atom. The summed E-state index contributed by atoms with van der Waals surface area (Å²) in [6.07, 6.45) is 0.590. The molecule has 118 valence electrons. The molecule has 1 N–H and O–H groups in total. The zero-order chi connectivity index (χ0) is 16.0. The van der Waals surface area contributed by atoms with Crippen LogP contribution in [0.1, 0.15) is 5.56 Å². The fraction of sp³-hybridized carbons (Fsp3) is 0.250. The maximum Gasteiger partial charge on any atom is 0.240 e. The topological polar surface area (TPSA) is 64.6 Å². The zero-order valence-electron chi connectivity index (χ0n) is 12.6. The maximum atomic E-state index is 12.2. The highest BCUT2D eigenvalue weighted by Crippen LogP contribution is 2.16. The van der Waals surface area contributed by atoms with Gasteiger partial charge in [-0.25, -0.2) is 13.1 Å². The second-order valence-electron chi connectivity index (χ2n) is 4.67. The van der Waals surface area contributed by atoms with Gasteiger partial charge in [0.05, 0.1) is 19.1 Å². The number of hydrogen-bond donors (Lipinski definition) is 1. The van der Waals surface area contributed by atoms with Gasteiger partial charge in [-0.05, 0) is 48.4 Å². The van der Waals surface area contributed by atoms with E-state index in [-0.39, 0.29) is 4.90 Å². The number of methoxy groups -OCH3 is 2. The molecule has 0 spiro atoms. The van der Waals surface area contributed by atoms with Crippen LogP contribution in [0.25, 0.3) is 0 Å². The van der Waals surface area contributed by atoms with E-state index in [4.69, 9.17) is 9.47 Å². The highest BCUT2D eigenvalue weighted by Gasteiger charge is 2.13. The van der Waals surface area contributed by atoms with Gasteiger partial charge in [-0.1, -0.05) is 12.1 Å². The number of sulfonamides is 1. The summed E-state index contributed by atoms with van der Waals surface area (Å²) >= 11 is 0. The predicted octanol–water partition coefficient (Wildman–Crippen LogP) is 2.22. The standard InChI is InChI=1S/C16H19NO4S/c1-20-14-6-8-16(9-7-14)22(18,19)17-11-10-13-4-3-5-15(12-13)21-2/h3-9,12,17H,10-11H2,1-2H3. The Bertz CT molecular complexity index is 711.